The van der Waals surface area contributed by atoms with E-state index in [1.165, 1.54) is 18.2 Å². The van der Waals surface area contributed by atoms with Gasteiger partial charge in [-0.25, -0.2) is 13.2 Å². The Morgan fingerprint density at radius 1 is 0.944 bits per heavy atom. The van der Waals surface area contributed by atoms with E-state index < -0.39 is 11.6 Å². The van der Waals surface area contributed by atoms with Crippen molar-refractivity contribution in [2.24, 2.45) is 0 Å². The lowest BCUT2D eigenvalue weighted by Gasteiger charge is -2.08. The minimum Gasteiger partial charge on any atom is -0.316 e. The molecule has 0 heterocycles. The summed E-state index contributed by atoms with van der Waals surface area (Å²) in [5.41, 5.74) is 1.00. The molecule has 0 fully saturated rings. The van der Waals surface area contributed by atoms with Crippen LogP contribution in [0.15, 0.2) is 36.4 Å². The number of nitrogens with one attached hydrogen (secondary N) is 1. The summed E-state index contributed by atoms with van der Waals surface area (Å²) >= 11 is 0. The highest BCUT2D eigenvalue weighted by atomic mass is 19.1. The van der Waals surface area contributed by atoms with Gasteiger partial charge in [0, 0.05) is 17.7 Å². The summed E-state index contributed by atoms with van der Waals surface area (Å²) in [7, 11) is 1.69. The van der Waals surface area contributed by atoms with Gasteiger partial charge in [-0.1, -0.05) is 6.07 Å². The molecule has 0 amide bonds. The lowest BCUT2D eigenvalue weighted by Crippen LogP contribution is -2.07. The third kappa shape index (κ3) is 2.54. The lowest BCUT2D eigenvalue weighted by atomic mass is 10.0. The standard InChI is InChI=1S/C14H12F3N/c1-18-8-10-6-9(2-4-13(10)16)12-7-11(15)3-5-14(12)17/h2-7,18H,8H2,1H3. The topological polar surface area (TPSA) is 12.0 Å². The van der Waals surface area contributed by atoms with Gasteiger partial charge < -0.3 is 5.32 Å². The van der Waals surface area contributed by atoms with E-state index in [4.69, 9.17) is 0 Å². The van der Waals surface area contributed by atoms with E-state index in [0.717, 1.165) is 18.2 Å². The molecule has 0 saturated carbocycles. The predicted molar refractivity (Wildman–Crippen MR) is 64.5 cm³/mol. The molecular weight excluding hydrogens is 239 g/mol. The number of benzene rings is 2. The first-order valence-corrected chi connectivity index (χ1v) is 5.50. The van der Waals surface area contributed by atoms with Crippen LogP contribution in [0.25, 0.3) is 11.1 Å². The van der Waals surface area contributed by atoms with Crippen molar-refractivity contribution in [2.75, 3.05) is 7.05 Å². The molecule has 0 bridgehead atoms. The Balaban J connectivity index is 2.50. The maximum absolute atomic E-state index is 13.6. The van der Waals surface area contributed by atoms with Gasteiger partial charge >= 0.3 is 0 Å². The summed E-state index contributed by atoms with van der Waals surface area (Å²) in [6, 6.07) is 7.43. The fraction of sp³-hybridized carbons (Fsp3) is 0.143. The molecule has 0 aliphatic rings. The molecule has 2 aromatic rings. The molecule has 1 N–H and O–H groups in total. The molecule has 0 aromatic heterocycles. The monoisotopic (exact) mass is 251 g/mol. The van der Waals surface area contributed by atoms with Gasteiger partial charge in [-0.05, 0) is 42.9 Å². The SMILES string of the molecule is CNCc1cc(-c2cc(F)ccc2F)ccc1F. The molecule has 0 saturated heterocycles. The van der Waals surface area contributed by atoms with Gasteiger partial charge in [0.25, 0.3) is 0 Å². The average molecular weight is 251 g/mol. The molecule has 1 nitrogen and oxygen atoms in total. The molecule has 2 rings (SSSR count). The Kier molecular flexibility index (Phi) is 3.67. The molecule has 94 valence electrons. The first-order chi connectivity index (χ1) is 8.61. The van der Waals surface area contributed by atoms with Gasteiger partial charge in [-0.15, -0.1) is 0 Å². The zero-order valence-electron chi connectivity index (χ0n) is 9.81. The van der Waals surface area contributed by atoms with Crippen molar-refractivity contribution in [3.8, 4) is 11.1 Å². The largest absolute Gasteiger partial charge is 0.316 e. The fourth-order valence-corrected chi connectivity index (χ4v) is 1.79. The van der Waals surface area contributed by atoms with Crippen LogP contribution in [-0.2, 0) is 6.54 Å². The maximum Gasteiger partial charge on any atom is 0.131 e. The Morgan fingerprint density at radius 3 is 2.39 bits per heavy atom. The van der Waals surface area contributed by atoms with Crippen LogP contribution >= 0.6 is 0 Å². The predicted octanol–water partition coefficient (Wildman–Crippen LogP) is 3.49. The van der Waals surface area contributed by atoms with Crippen molar-refractivity contribution < 1.29 is 13.2 Å². The molecule has 2 aromatic carbocycles. The quantitative estimate of drug-likeness (QED) is 0.880. The van der Waals surface area contributed by atoms with E-state index >= 15 is 0 Å². The average Bonchev–Trinajstić information content (AvgIpc) is 2.35. The van der Waals surface area contributed by atoms with Gasteiger partial charge in [0.05, 0.1) is 0 Å². The normalized spacial score (nSPS) is 10.7. The highest BCUT2D eigenvalue weighted by Gasteiger charge is 2.09. The summed E-state index contributed by atoms with van der Waals surface area (Å²) in [6.07, 6.45) is 0. The molecule has 0 aliphatic heterocycles. The maximum atomic E-state index is 13.6. The van der Waals surface area contributed by atoms with Crippen molar-refractivity contribution in [3.05, 3.63) is 59.4 Å². The van der Waals surface area contributed by atoms with E-state index in [0.29, 0.717) is 17.7 Å². The van der Waals surface area contributed by atoms with Crippen LogP contribution in [0.5, 0.6) is 0 Å². The van der Waals surface area contributed by atoms with Crippen molar-refractivity contribution in [1.82, 2.24) is 5.32 Å². The van der Waals surface area contributed by atoms with Gasteiger partial charge in [-0.2, -0.15) is 0 Å². The Morgan fingerprint density at radius 2 is 1.67 bits per heavy atom. The second-order valence-electron chi connectivity index (χ2n) is 3.96. The minimum atomic E-state index is -0.529. The molecule has 18 heavy (non-hydrogen) atoms. The second kappa shape index (κ2) is 5.23. The van der Waals surface area contributed by atoms with E-state index in [2.05, 4.69) is 5.32 Å². The third-order valence-electron chi connectivity index (χ3n) is 2.65. The van der Waals surface area contributed by atoms with Crippen molar-refractivity contribution in [3.63, 3.8) is 0 Å². The van der Waals surface area contributed by atoms with E-state index in [1.54, 1.807) is 7.05 Å². The van der Waals surface area contributed by atoms with Crippen LogP contribution in [-0.4, -0.2) is 7.05 Å². The summed E-state index contributed by atoms with van der Waals surface area (Å²) in [5, 5.41) is 2.82. The first kappa shape index (κ1) is 12.6. The van der Waals surface area contributed by atoms with Gasteiger partial charge in [-0.3, -0.25) is 0 Å². The number of hydrogen-bond donors (Lipinski definition) is 1. The minimum absolute atomic E-state index is 0.132. The highest BCUT2D eigenvalue weighted by Crippen LogP contribution is 2.25. The summed E-state index contributed by atoms with van der Waals surface area (Å²) < 4.78 is 40.1. The van der Waals surface area contributed by atoms with E-state index in [9.17, 15) is 13.2 Å². The van der Waals surface area contributed by atoms with Gasteiger partial charge in [0.1, 0.15) is 17.5 Å². The zero-order chi connectivity index (χ0) is 13.1. The number of hydrogen-bond acceptors (Lipinski definition) is 1. The Bertz CT molecular complexity index is 567. The smallest absolute Gasteiger partial charge is 0.131 e. The second-order valence-corrected chi connectivity index (χ2v) is 3.96. The Labute approximate surface area is 103 Å². The number of rotatable bonds is 3. The van der Waals surface area contributed by atoms with Crippen molar-refractivity contribution in [1.29, 1.82) is 0 Å². The van der Waals surface area contributed by atoms with E-state index in [-0.39, 0.29) is 11.4 Å². The van der Waals surface area contributed by atoms with Crippen LogP contribution in [0.4, 0.5) is 13.2 Å². The first-order valence-electron chi connectivity index (χ1n) is 5.50. The highest BCUT2D eigenvalue weighted by molar-refractivity contribution is 5.65. The van der Waals surface area contributed by atoms with Crippen molar-refractivity contribution in [2.45, 2.75) is 6.54 Å². The molecule has 0 spiro atoms. The molecule has 0 aliphatic carbocycles. The summed E-state index contributed by atoms with van der Waals surface area (Å²) in [5.74, 6) is -1.42. The van der Waals surface area contributed by atoms with Gasteiger partial charge in [0.2, 0.25) is 0 Å². The third-order valence-corrected chi connectivity index (χ3v) is 2.65. The summed E-state index contributed by atoms with van der Waals surface area (Å²) in [4.78, 5) is 0. The van der Waals surface area contributed by atoms with Crippen molar-refractivity contribution >= 4 is 0 Å². The fourth-order valence-electron chi connectivity index (χ4n) is 1.79. The Hall–Kier alpha value is -1.81. The molecular formula is C14H12F3N. The zero-order valence-corrected chi connectivity index (χ0v) is 9.81. The van der Waals surface area contributed by atoms with Crippen LogP contribution in [0.3, 0.4) is 0 Å². The van der Waals surface area contributed by atoms with Gasteiger partial charge in [0.15, 0.2) is 0 Å². The van der Waals surface area contributed by atoms with Crippen LogP contribution in [0.2, 0.25) is 0 Å². The summed E-state index contributed by atoms with van der Waals surface area (Å²) in [6.45, 7) is 0.330. The molecule has 0 atom stereocenters. The molecule has 0 unspecified atom stereocenters. The number of halogens is 3. The lowest BCUT2D eigenvalue weighted by molar-refractivity contribution is 0.598. The van der Waals surface area contributed by atoms with Crippen LogP contribution in [0, 0.1) is 17.5 Å². The van der Waals surface area contributed by atoms with Crippen LogP contribution < -0.4 is 5.32 Å². The molecule has 0 radical (unpaired) electrons. The molecule has 4 heteroatoms. The van der Waals surface area contributed by atoms with E-state index in [1.807, 2.05) is 0 Å². The van der Waals surface area contributed by atoms with Crippen LogP contribution in [0.1, 0.15) is 5.56 Å².